The van der Waals surface area contributed by atoms with Crippen molar-refractivity contribution in [1.29, 1.82) is 0 Å². The summed E-state index contributed by atoms with van der Waals surface area (Å²) >= 11 is 8.98. The van der Waals surface area contributed by atoms with E-state index in [2.05, 4.69) is 21.2 Å². The molecule has 0 aromatic heterocycles. The molecule has 0 atom stereocenters. The minimum absolute atomic E-state index is 0.377. The summed E-state index contributed by atoms with van der Waals surface area (Å²) < 4.78 is 0.545. The van der Waals surface area contributed by atoms with Crippen molar-refractivity contribution in [3.05, 3.63) is 33.3 Å². The molecular formula is C11H9BrClNO3. The second-order valence-corrected chi connectivity index (χ2v) is 5.26. The second kappa shape index (κ2) is 4.31. The van der Waals surface area contributed by atoms with Crippen molar-refractivity contribution in [2.24, 2.45) is 0 Å². The van der Waals surface area contributed by atoms with Gasteiger partial charge in [-0.3, -0.25) is 4.79 Å². The molecule has 1 fully saturated rings. The fraction of sp³-hybridized carbons (Fsp3) is 0.273. The van der Waals surface area contributed by atoms with Gasteiger partial charge in [0.15, 0.2) is 0 Å². The third kappa shape index (κ3) is 2.45. The van der Waals surface area contributed by atoms with Gasteiger partial charge in [0.05, 0.1) is 5.56 Å². The molecule has 1 aliphatic carbocycles. The van der Waals surface area contributed by atoms with Crippen LogP contribution in [-0.2, 0) is 4.79 Å². The van der Waals surface area contributed by atoms with Crippen molar-refractivity contribution >= 4 is 39.4 Å². The molecule has 2 rings (SSSR count). The average Bonchev–Trinajstić information content (AvgIpc) is 2.98. The molecule has 17 heavy (non-hydrogen) atoms. The van der Waals surface area contributed by atoms with E-state index in [1.54, 1.807) is 18.2 Å². The Bertz CT molecular complexity index is 499. The van der Waals surface area contributed by atoms with E-state index in [1.165, 1.54) is 0 Å². The van der Waals surface area contributed by atoms with Crippen molar-refractivity contribution in [3.8, 4) is 0 Å². The lowest BCUT2D eigenvalue weighted by atomic mass is 10.2. The summed E-state index contributed by atoms with van der Waals surface area (Å²) in [5, 5.41) is 12.0. The number of nitrogens with one attached hydrogen (secondary N) is 1. The van der Waals surface area contributed by atoms with Crippen LogP contribution < -0.4 is 5.32 Å². The number of amides is 1. The number of hydrogen-bond acceptors (Lipinski definition) is 2. The first-order valence-electron chi connectivity index (χ1n) is 4.95. The smallest absolute Gasteiger partial charge is 0.329 e. The van der Waals surface area contributed by atoms with Gasteiger partial charge in [-0.05, 0) is 47.0 Å². The van der Waals surface area contributed by atoms with Crippen LogP contribution in [0, 0.1) is 0 Å². The van der Waals surface area contributed by atoms with Crippen molar-refractivity contribution in [2.75, 3.05) is 0 Å². The molecule has 0 unspecified atom stereocenters. The summed E-state index contributed by atoms with van der Waals surface area (Å²) in [5.74, 6) is -1.40. The number of carboxylic acid groups (broad SMARTS) is 1. The van der Waals surface area contributed by atoms with E-state index >= 15 is 0 Å². The molecule has 1 aromatic carbocycles. The molecule has 0 radical (unpaired) electrons. The number of rotatable bonds is 3. The van der Waals surface area contributed by atoms with Crippen LogP contribution >= 0.6 is 27.5 Å². The van der Waals surface area contributed by atoms with Gasteiger partial charge in [0.1, 0.15) is 5.54 Å². The number of carbonyl (C=O) groups excluding carboxylic acids is 1. The first kappa shape index (κ1) is 12.4. The number of benzene rings is 1. The highest BCUT2D eigenvalue weighted by Crippen LogP contribution is 2.36. The van der Waals surface area contributed by atoms with Crippen molar-refractivity contribution < 1.29 is 14.7 Å². The maximum absolute atomic E-state index is 11.9. The lowest BCUT2D eigenvalue weighted by Gasteiger charge is -2.13. The van der Waals surface area contributed by atoms with Gasteiger partial charge in [-0.1, -0.05) is 11.6 Å². The molecule has 0 aliphatic heterocycles. The largest absolute Gasteiger partial charge is 0.480 e. The van der Waals surface area contributed by atoms with Gasteiger partial charge in [0.25, 0.3) is 5.91 Å². The standard InChI is InChI=1S/C11H9BrClNO3/c12-8-5-6(13)1-2-7(8)9(15)14-11(3-4-11)10(16)17/h1-2,5H,3-4H2,(H,14,15)(H,16,17). The van der Waals surface area contributed by atoms with Gasteiger partial charge < -0.3 is 10.4 Å². The summed E-state index contributed by atoms with van der Waals surface area (Å²) in [5.41, 5.74) is -0.696. The first-order valence-corrected chi connectivity index (χ1v) is 6.13. The lowest BCUT2D eigenvalue weighted by molar-refractivity contribution is -0.140. The van der Waals surface area contributed by atoms with Crippen LogP contribution in [0.1, 0.15) is 23.2 Å². The zero-order valence-corrected chi connectivity index (χ0v) is 11.0. The predicted molar refractivity (Wildman–Crippen MR) is 66.2 cm³/mol. The average molecular weight is 319 g/mol. The molecule has 1 aromatic rings. The Labute approximate surface area is 111 Å². The van der Waals surface area contributed by atoms with Crippen LogP contribution in [0.25, 0.3) is 0 Å². The van der Waals surface area contributed by atoms with E-state index in [9.17, 15) is 9.59 Å². The van der Waals surface area contributed by atoms with E-state index in [1.807, 2.05) is 0 Å². The Morgan fingerprint density at radius 2 is 2.06 bits per heavy atom. The minimum Gasteiger partial charge on any atom is -0.480 e. The molecule has 1 amide bonds. The molecule has 2 N–H and O–H groups in total. The Kier molecular flexibility index (Phi) is 3.14. The zero-order chi connectivity index (χ0) is 12.6. The highest BCUT2D eigenvalue weighted by atomic mass is 79.9. The van der Waals surface area contributed by atoms with Crippen LogP contribution in [-0.4, -0.2) is 22.5 Å². The summed E-state index contributed by atoms with van der Waals surface area (Å²) in [6.07, 6.45) is 0.943. The fourth-order valence-corrected chi connectivity index (χ4v) is 2.34. The maximum Gasteiger partial charge on any atom is 0.329 e. The quantitative estimate of drug-likeness (QED) is 0.899. The third-order valence-electron chi connectivity index (χ3n) is 2.69. The highest BCUT2D eigenvalue weighted by Gasteiger charge is 2.51. The molecule has 0 saturated heterocycles. The SMILES string of the molecule is O=C(NC1(C(=O)O)CC1)c1ccc(Cl)cc1Br. The second-order valence-electron chi connectivity index (χ2n) is 3.97. The number of hydrogen-bond donors (Lipinski definition) is 2. The molecule has 1 saturated carbocycles. The van der Waals surface area contributed by atoms with Gasteiger partial charge in [-0.2, -0.15) is 0 Å². The molecule has 0 spiro atoms. The fourth-order valence-electron chi connectivity index (χ4n) is 1.48. The Hall–Kier alpha value is -1.07. The first-order chi connectivity index (χ1) is 7.94. The van der Waals surface area contributed by atoms with E-state index < -0.39 is 17.4 Å². The molecular weight excluding hydrogens is 309 g/mol. The van der Waals surface area contributed by atoms with E-state index in [0.29, 0.717) is 27.9 Å². The van der Waals surface area contributed by atoms with Crippen molar-refractivity contribution in [1.82, 2.24) is 5.32 Å². The summed E-state index contributed by atoms with van der Waals surface area (Å²) in [6, 6.07) is 4.73. The Balaban J connectivity index is 2.18. The molecule has 4 nitrogen and oxygen atoms in total. The summed E-state index contributed by atoms with van der Waals surface area (Å²) in [7, 11) is 0. The normalized spacial score (nSPS) is 16.4. The van der Waals surface area contributed by atoms with Gasteiger partial charge in [0, 0.05) is 9.50 Å². The van der Waals surface area contributed by atoms with Crippen molar-refractivity contribution in [3.63, 3.8) is 0 Å². The molecule has 90 valence electrons. The molecule has 1 aliphatic rings. The van der Waals surface area contributed by atoms with Crippen molar-refractivity contribution in [2.45, 2.75) is 18.4 Å². The highest BCUT2D eigenvalue weighted by molar-refractivity contribution is 9.10. The third-order valence-corrected chi connectivity index (χ3v) is 3.58. The molecule has 6 heteroatoms. The van der Waals surface area contributed by atoms with Crippen LogP contribution in [0.3, 0.4) is 0 Å². The zero-order valence-electron chi connectivity index (χ0n) is 8.67. The van der Waals surface area contributed by atoms with Crippen LogP contribution in [0.15, 0.2) is 22.7 Å². The number of halogens is 2. The van der Waals surface area contributed by atoms with E-state index in [-0.39, 0.29) is 0 Å². The topological polar surface area (TPSA) is 66.4 Å². The monoisotopic (exact) mass is 317 g/mol. The van der Waals surface area contributed by atoms with Gasteiger partial charge in [0.2, 0.25) is 0 Å². The number of aliphatic carboxylic acids is 1. The van der Waals surface area contributed by atoms with Gasteiger partial charge >= 0.3 is 5.97 Å². The predicted octanol–water partition coefficient (Wildman–Crippen LogP) is 2.45. The number of carbonyl (C=O) groups is 2. The van der Waals surface area contributed by atoms with Gasteiger partial charge in [-0.25, -0.2) is 4.79 Å². The molecule has 0 bridgehead atoms. The Morgan fingerprint density at radius 3 is 2.53 bits per heavy atom. The van der Waals surface area contributed by atoms with Gasteiger partial charge in [-0.15, -0.1) is 0 Å². The van der Waals surface area contributed by atoms with Crippen LogP contribution in [0.4, 0.5) is 0 Å². The maximum atomic E-state index is 11.9. The minimum atomic E-state index is -1.07. The molecule has 0 heterocycles. The van der Waals surface area contributed by atoms with E-state index in [0.717, 1.165) is 0 Å². The van der Waals surface area contributed by atoms with E-state index in [4.69, 9.17) is 16.7 Å². The number of carboxylic acids is 1. The summed E-state index contributed by atoms with van der Waals surface area (Å²) in [6.45, 7) is 0. The van der Waals surface area contributed by atoms with Crippen LogP contribution in [0.5, 0.6) is 0 Å². The lowest BCUT2D eigenvalue weighted by Crippen LogP contribution is -2.43. The summed E-state index contributed by atoms with van der Waals surface area (Å²) in [4.78, 5) is 22.8. The van der Waals surface area contributed by atoms with Crippen LogP contribution in [0.2, 0.25) is 5.02 Å². The Morgan fingerprint density at radius 1 is 1.41 bits per heavy atom.